The summed E-state index contributed by atoms with van der Waals surface area (Å²) in [6, 6.07) is 8.93. The number of ether oxygens (including phenoxy) is 1. The maximum Gasteiger partial charge on any atom is 0.355 e. The molecule has 0 saturated heterocycles. The molecule has 0 radical (unpaired) electrons. The molecule has 0 spiro atoms. The Morgan fingerprint density at radius 1 is 1.22 bits per heavy atom. The van der Waals surface area contributed by atoms with Gasteiger partial charge < -0.3 is 9.30 Å². The largest absolute Gasteiger partial charge is 0.461 e. The van der Waals surface area contributed by atoms with E-state index < -0.39 is 5.97 Å². The smallest absolute Gasteiger partial charge is 0.355 e. The molecule has 2 aromatic rings. The molecule has 7 heteroatoms. The second-order valence-electron chi connectivity index (χ2n) is 5.85. The zero-order chi connectivity index (χ0) is 20.1. The number of hydrogen-bond donors (Lipinski definition) is 0. The zero-order valence-electron chi connectivity index (χ0n) is 16.2. The van der Waals surface area contributed by atoms with E-state index in [2.05, 4.69) is 6.07 Å². The highest BCUT2D eigenvalue weighted by Gasteiger charge is 2.27. The normalized spacial score (nSPS) is 10.4. The fraction of sp³-hybridized carbons (Fsp3) is 0.350. The molecule has 27 heavy (non-hydrogen) atoms. The fourth-order valence-corrected chi connectivity index (χ4v) is 3.03. The number of nitriles is 1. The van der Waals surface area contributed by atoms with E-state index in [1.165, 1.54) is 14.2 Å². The molecule has 0 aliphatic carbocycles. The summed E-state index contributed by atoms with van der Waals surface area (Å²) in [6.45, 7) is 3.90. The minimum absolute atomic E-state index is 0.240. The van der Waals surface area contributed by atoms with Crippen LogP contribution in [0, 0.1) is 11.3 Å². The van der Waals surface area contributed by atoms with Gasteiger partial charge in [-0.1, -0.05) is 19.1 Å². The Morgan fingerprint density at radius 2 is 1.85 bits per heavy atom. The Labute approximate surface area is 158 Å². The zero-order valence-corrected chi connectivity index (χ0v) is 16.2. The fourth-order valence-electron chi connectivity index (χ4n) is 3.03. The molecule has 0 atom stereocenters. The van der Waals surface area contributed by atoms with Gasteiger partial charge in [-0.3, -0.25) is 9.63 Å². The molecule has 0 bridgehead atoms. The van der Waals surface area contributed by atoms with Crippen LogP contribution in [-0.4, -0.2) is 42.3 Å². The van der Waals surface area contributed by atoms with Crippen molar-refractivity contribution < 1.29 is 19.2 Å². The predicted molar refractivity (Wildman–Crippen MR) is 100 cm³/mol. The average molecular weight is 369 g/mol. The van der Waals surface area contributed by atoms with Gasteiger partial charge in [0.2, 0.25) is 0 Å². The molecule has 1 heterocycles. The van der Waals surface area contributed by atoms with Crippen molar-refractivity contribution in [2.75, 3.05) is 20.8 Å². The van der Waals surface area contributed by atoms with Crippen LogP contribution in [0.15, 0.2) is 24.3 Å². The van der Waals surface area contributed by atoms with Crippen LogP contribution in [0.4, 0.5) is 0 Å². The van der Waals surface area contributed by atoms with Gasteiger partial charge in [-0.2, -0.15) is 5.26 Å². The SMILES string of the molecule is CCOC(=O)c1c(-c2ccc(C(=O)N(C)OC)cc2)c(C#N)c(CC)n1C. The van der Waals surface area contributed by atoms with E-state index >= 15 is 0 Å². The van der Waals surface area contributed by atoms with Crippen LogP contribution in [0.5, 0.6) is 0 Å². The summed E-state index contributed by atoms with van der Waals surface area (Å²) in [5, 5.41) is 10.8. The first kappa shape index (κ1) is 20.2. The van der Waals surface area contributed by atoms with Crippen molar-refractivity contribution in [2.24, 2.45) is 7.05 Å². The molecule has 2 rings (SSSR count). The lowest BCUT2D eigenvalue weighted by Crippen LogP contribution is -2.25. The molecule has 1 aromatic heterocycles. The van der Waals surface area contributed by atoms with Gasteiger partial charge in [0.1, 0.15) is 11.8 Å². The van der Waals surface area contributed by atoms with Crippen molar-refractivity contribution in [3.63, 3.8) is 0 Å². The van der Waals surface area contributed by atoms with Gasteiger partial charge in [-0.05, 0) is 31.0 Å². The maximum absolute atomic E-state index is 12.5. The van der Waals surface area contributed by atoms with Gasteiger partial charge in [-0.25, -0.2) is 9.86 Å². The third kappa shape index (κ3) is 3.71. The van der Waals surface area contributed by atoms with E-state index in [0.29, 0.717) is 34.4 Å². The summed E-state index contributed by atoms with van der Waals surface area (Å²) in [6.07, 6.45) is 0.598. The molecule has 0 unspecified atom stereocenters. The lowest BCUT2D eigenvalue weighted by Gasteiger charge is -2.14. The summed E-state index contributed by atoms with van der Waals surface area (Å²) in [5.74, 6) is -0.775. The number of hydroxylamine groups is 2. The Bertz CT molecular complexity index is 891. The highest BCUT2D eigenvalue weighted by molar-refractivity contribution is 5.99. The van der Waals surface area contributed by atoms with Gasteiger partial charge in [0, 0.05) is 30.9 Å². The van der Waals surface area contributed by atoms with Crippen molar-refractivity contribution in [3.05, 3.63) is 46.8 Å². The Hall–Kier alpha value is -3.11. The van der Waals surface area contributed by atoms with Gasteiger partial charge in [-0.15, -0.1) is 0 Å². The molecule has 0 aliphatic heterocycles. The Balaban J connectivity index is 2.62. The van der Waals surface area contributed by atoms with E-state index in [1.54, 1.807) is 42.8 Å². The number of benzene rings is 1. The Morgan fingerprint density at radius 3 is 2.33 bits per heavy atom. The van der Waals surface area contributed by atoms with Crippen LogP contribution >= 0.6 is 0 Å². The molecule has 0 aliphatic rings. The van der Waals surface area contributed by atoms with Gasteiger partial charge in [0.25, 0.3) is 5.91 Å². The summed E-state index contributed by atoms with van der Waals surface area (Å²) < 4.78 is 6.90. The van der Waals surface area contributed by atoms with Crippen LogP contribution < -0.4 is 0 Å². The second kappa shape index (κ2) is 8.52. The first-order valence-electron chi connectivity index (χ1n) is 8.62. The summed E-state index contributed by atoms with van der Waals surface area (Å²) in [7, 11) is 4.68. The van der Waals surface area contributed by atoms with E-state index in [4.69, 9.17) is 9.57 Å². The molecule has 142 valence electrons. The number of carbonyl (C=O) groups excluding carboxylic acids is 2. The summed E-state index contributed by atoms with van der Waals surface area (Å²) in [4.78, 5) is 29.6. The van der Waals surface area contributed by atoms with Crippen LogP contribution in [0.1, 0.15) is 46.0 Å². The quantitative estimate of drug-likeness (QED) is 0.577. The number of amides is 1. The van der Waals surface area contributed by atoms with Gasteiger partial charge >= 0.3 is 5.97 Å². The first-order valence-corrected chi connectivity index (χ1v) is 8.62. The molecule has 0 saturated carbocycles. The predicted octanol–water partition coefficient (Wildman–Crippen LogP) is 2.94. The lowest BCUT2D eigenvalue weighted by molar-refractivity contribution is -0.0756. The van der Waals surface area contributed by atoms with Crippen LogP contribution in [0.25, 0.3) is 11.1 Å². The van der Waals surface area contributed by atoms with Crippen LogP contribution in [0.2, 0.25) is 0 Å². The van der Waals surface area contributed by atoms with Gasteiger partial charge in [0.15, 0.2) is 0 Å². The minimum atomic E-state index is -0.481. The standard InChI is InChI=1S/C20H23N3O4/c1-6-16-15(12-21)17(18(22(16)3)20(25)27-7-2)13-8-10-14(11-9-13)19(24)23(4)26-5/h8-11H,6-7H2,1-5H3. The molecular weight excluding hydrogens is 346 g/mol. The maximum atomic E-state index is 12.5. The van der Waals surface area contributed by atoms with Crippen molar-refractivity contribution >= 4 is 11.9 Å². The first-order chi connectivity index (χ1) is 12.9. The highest BCUT2D eigenvalue weighted by atomic mass is 16.7. The number of carbonyl (C=O) groups is 2. The molecule has 0 N–H and O–H groups in total. The third-order valence-corrected chi connectivity index (χ3v) is 4.41. The monoisotopic (exact) mass is 369 g/mol. The van der Waals surface area contributed by atoms with Crippen molar-refractivity contribution in [3.8, 4) is 17.2 Å². The van der Waals surface area contributed by atoms with E-state index in [1.807, 2.05) is 6.92 Å². The summed E-state index contributed by atoms with van der Waals surface area (Å²) >= 11 is 0. The summed E-state index contributed by atoms with van der Waals surface area (Å²) in [5.41, 5.74) is 3.16. The van der Waals surface area contributed by atoms with Crippen LogP contribution in [0.3, 0.4) is 0 Å². The van der Waals surface area contributed by atoms with E-state index in [-0.39, 0.29) is 12.5 Å². The number of esters is 1. The number of aromatic nitrogens is 1. The molecule has 7 nitrogen and oxygen atoms in total. The van der Waals surface area contributed by atoms with Crippen molar-refractivity contribution in [1.29, 1.82) is 5.26 Å². The van der Waals surface area contributed by atoms with E-state index in [9.17, 15) is 14.9 Å². The topological polar surface area (TPSA) is 84.6 Å². The minimum Gasteiger partial charge on any atom is -0.461 e. The molecule has 1 amide bonds. The average Bonchev–Trinajstić information content (AvgIpc) is 2.98. The van der Waals surface area contributed by atoms with Crippen molar-refractivity contribution in [1.82, 2.24) is 9.63 Å². The Kier molecular flexibility index (Phi) is 6.37. The third-order valence-electron chi connectivity index (χ3n) is 4.41. The van der Waals surface area contributed by atoms with Crippen LogP contribution in [-0.2, 0) is 23.0 Å². The molecule has 1 aromatic carbocycles. The lowest BCUT2D eigenvalue weighted by atomic mass is 9.98. The van der Waals surface area contributed by atoms with E-state index in [0.717, 1.165) is 10.8 Å². The molecular formula is C20H23N3O4. The molecule has 0 fully saturated rings. The van der Waals surface area contributed by atoms with Gasteiger partial charge in [0.05, 0.1) is 19.3 Å². The van der Waals surface area contributed by atoms with Crippen molar-refractivity contribution in [2.45, 2.75) is 20.3 Å². The second-order valence-corrected chi connectivity index (χ2v) is 5.85. The number of rotatable bonds is 6. The number of nitrogens with zero attached hydrogens (tertiary/aromatic N) is 3. The highest BCUT2D eigenvalue weighted by Crippen LogP contribution is 2.33. The number of hydrogen-bond acceptors (Lipinski definition) is 5.